The Morgan fingerprint density at radius 3 is 2.32 bits per heavy atom. The second-order valence-corrected chi connectivity index (χ2v) is 5.59. The highest BCUT2D eigenvalue weighted by Crippen LogP contribution is 2.29. The van der Waals surface area contributed by atoms with Crippen LogP contribution in [0.25, 0.3) is 0 Å². The molecular formula is C19H25NO5. The van der Waals surface area contributed by atoms with E-state index in [1.807, 2.05) is 18.2 Å². The van der Waals surface area contributed by atoms with Crippen molar-refractivity contribution in [1.82, 2.24) is 5.32 Å². The summed E-state index contributed by atoms with van der Waals surface area (Å²) < 4.78 is 15.6. The van der Waals surface area contributed by atoms with Crippen molar-refractivity contribution in [1.29, 1.82) is 0 Å². The van der Waals surface area contributed by atoms with Crippen LogP contribution in [-0.2, 0) is 6.42 Å². The number of aromatic hydroxyl groups is 1. The molecule has 25 heavy (non-hydrogen) atoms. The third-order valence-electron chi connectivity index (χ3n) is 3.96. The largest absolute Gasteiger partial charge is 0.504 e. The van der Waals surface area contributed by atoms with Crippen molar-refractivity contribution in [2.24, 2.45) is 0 Å². The van der Waals surface area contributed by atoms with Crippen molar-refractivity contribution in [3.8, 4) is 23.0 Å². The predicted octanol–water partition coefficient (Wildman–Crippen LogP) is 2.28. The number of aliphatic hydroxyl groups excluding tert-OH is 1. The predicted molar refractivity (Wildman–Crippen MR) is 95.7 cm³/mol. The Bertz CT molecular complexity index is 690. The van der Waals surface area contributed by atoms with E-state index in [-0.39, 0.29) is 5.75 Å². The lowest BCUT2D eigenvalue weighted by molar-refractivity contribution is 0.174. The van der Waals surface area contributed by atoms with Crippen LogP contribution in [0.3, 0.4) is 0 Å². The molecular weight excluding hydrogens is 322 g/mol. The molecule has 2 aromatic carbocycles. The van der Waals surface area contributed by atoms with Gasteiger partial charge in [-0.2, -0.15) is 0 Å². The number of rotatable bonds is 9. The fourth-order valence-electron chi connectivity index (χ4n) is 2.53. The molecule has 1 atom stereocenters. The van der Waals surface area contributed by atoms with Crippen LogP contribution in [0.15, 0.2) is 36.4 Å². The second kappa shape index (κ2) is 9.15. The van der Waals surface area contributed by atoms with Crippen LogP contribution in [0, 0.1) is 0 Å². The summed E-state index contributed by atoms with van der Waals surface area (Å²) in [5.41, 5.74) is 1.80. The van der Waals surface area contributed by atoms with Crippen molar-refractivity contribution in [3.63, 3.8) is 0 Å². The van der Waals surface area contributed by atoms with E-state index in [1.165, 1.54) is 13.2 Å². The number of phenolic OH excluding ortho intramolecular Hbond substituents is 1. The summed E-state index contributed by atoms with van der Waals surface area (Å²) in [5.74, 6) is 1.81. The lowest BCUT2D eigenvalue weighted by Gasteiger charge is -2.14. The number of benzene rings is 2. The molecule has 6 heteroatoms. The molecule has 0 heterocycles. The summed E-state index contributed by atoms with van der Waals surface area (Å²) in [7, 11) is 4.70. The first kappa shape index (κ1) is 18.9. The van der Waals surface area contributed by atoms with Gasteiger partial charge in [0.25, 0.3) is 0 Å². The highest BCUT2D eigenvalue weighted by Gasteiger charge is 2.11. The number of ether oxygens (including phenoxy) is 3. The minimum Gasteiger partial charge on any atom is -0.504 e. The van der Waals surface area contributed by atoms with E-state index in [0.717, 1.165) is 12.0 Å². The Labute approximate surface area is 148 Å². The molecule has 0 unspecified atom stereocenters. The first-order chi connectivity index (χ1) is 12.1. The normalized spacial score (nSPS) is 11.8. The van der Waals surface area contributed by atoms with Gasteiger partial charge in [0.15, 0.2) is 23.0 Å². The Hall–Kier alpha value is -2.44. The summed E-state index contributed by atoms with van der Waals surface area (Å²) in [6.45, 7) is 1.11. The van der Waals surface area contributed by atoms with Crippen LogP contribution in [-0.4, -0.2) is 44.6 Å². The van der Waals surface area contributed by atoms with Gasteiger partial charge in [0.05, 0.1) is 27.4 Å². The zero-order chi connectivity index (χ0) is 18.2. The second-order valence-electron chi connectivity index (χ2n) is 5.59. The van der Waals surface area contributed by atoms with Gasteiger partial charge in [-0.05, 0) is 48.4 Å². The Kier molecular flexibility index (Phi) is 6.91. The molecule has 0 aliphatic carbocycles. The molecule has 2 aromatic rings. The molecule has 0 aromatic heterocycles. The average Bonchev–Trinajstić information content (AvgIpc) is 2.65. The summed E-state index contributed by atoms with van der Waals surface area (Å²) >= 11 is 0. The van der Waals surface area contributed by atoms with E-state index in [9.17, 15) is 10.2 Å². The van der Waals surface area contributed by atoms with Crippen molar-refractivity contribution >= 4 is 0 Å². The molecule has 0 radical (unpaired) electrons. The summed E-state index contributed by atoms with van der Waals surface area (Å²) in [4.78, 5) is 0. The molecule has 0 saturated heterocycles. The van der Waals surface area contributed by atoms with E-state index in [4.69, 9.17) is 14.2 Å². The number of phenols is 1. The number of nitrogens with one attached hydrogen (secondary N) is 1. The Morgan fingerprint density at radius 1 is 0.920 bits per heavy atom. The van der Waals surface area contributed by atoms with Crippen molar-refractivity contribution in [2.75, 3.05) is 34.4 Å². The maximum Gasteiger partial charge on any atom is 0.160 e. The van der Waals surface area contributed by atoms with E-state index < -0.39 is 6.10 Å². The van der Waals surface area contributed by atoms with Crippen molar-refractivity contribution < 1.29 is 24.4 Å². The molecule has 0 saturated carbocycles. The standard InChI is InChI=1S/C19H25NO5/c1-23-17-7-4-13(10-19(17)25-3)8-9-20-12-16(22)14-5-6-15(21)18(11-14)24-2/h4-7,10-11,16,20-22H,8-9,12H2,1-3H3/t16-/m0/s1. The fourth-order valence-corrected chi connectivity index (χ4v) is 2.53. The SMILES string of the molecule is COc1cc([C@@H](O)CNCCc2ccc(OC)c(OC)c2)ccc1O. The van der Waals surface area contributed by atoms with Gasteiger partial charge in [0.2, 0.25) is 0 Å². The molecule has 6 nitrogen and oxygen atoms in total. The number of hydrogen-bond acceptors (Lipinski definition) is 6. The van der Waals surface area contributed by atoms with Gasteiger partial charge >= 0.3 is 0 Å². The van der Waals surface area contributed by atoms with Crippen molar-refractivity contribution in [2.45, 2.75) is 12.5 Å². The van der Waals surface area contributed by atoms with E-state index in [0.29, 0.717) is 35.9 Å². The summed E-state index contributed by atoms with van der Waals surface area (Å²) in [5, 5.41) is 23.1. The highest BCUT2D eigenvalue weighted by atomic mass is 16.5. The van der Waals surface area contributed by atoms with Gasteiger partial charge in [-0.15, -0.1) is 0 Å². The van der Waals surface area contributed by atoms with Gasteiger partial charge in [-0.3, -0.25) is 0 Å². The van der Waals surface area contributed by atoms with Gasteiger partial charge in [-0.25, -0.2) is 0 Å². The van der Waals surface area contributed by atoms with E-state index >= 15 is 0 Å². The fraction of sp³-hybridized carbons (Fsp3) is 0.368. The van der Waals surface area contributed by atoms with Crippen LogP contribution < -0.4 is 19.5 Å². The third kappa shape index (κ3) is 5.01. The van der Waals surface area contributed by atoms with Crippen molar-refractivity contribution in [3.05, 3.63) is 47.5 Å². The van der Waals surface area contributed by atoms with Crippen LogP contribution >= 0.6 is 0 Å². The zero-order valence-electron chi connectivity index (χ0n) is 14.8. The number of methoxy groups -OCH3 is 3. The molecule has 0 fully saturated rings. The Morgan fingerprint density at radius 2 is 1.64 bits per heavy atom. The average molecular weight is 347 g/mol. The lowest BCUT2D eigenvalue weighted by Crippen LogP contribution is -2.23. The number of hydrogen-bond donors (Lipinski definition) is 3. The summed E-state index contributed by atoms with van der Waals surface area (Å²) in [6, 6.07) is 10.6. The molecule has 0 aliphatic heterocycles. The third-order valence-corrected chi connectivity index (χ3v) is 3.96. The molecule has 2 rings (SSSR count). The number of aliphatic hydroxyl groups is 1. The monoisotopic (exact) mass is 347 g/mol. The van der Waals surface area contributed by atoms with E-state index in [1.54, 1.807) is 26.4 Å². The molecule has 0 bridgehead atoms. The van der Waals surface area contributed by atoms with Crippen LogP contribution in [0.5, 0.6) is 23.0 Å². The maximum absolute atomic E-state index is 10.2. The first-order valence-electron chi connectivity index (χ1n) is 8.05. The summed E-state index contributed by atoms with van der Waals surface area (Å²) in [6.07, 6.45) is 0.117. The lowest BCUT2D eigenvalue weighted by atomic mass is 10.1. The quantitative estimate of drug-likeness (QED) is 0.604. The van der Waals surface area contributed by atoms with Gasteiger partial charge in [-0.1, -0.05) is 12.1 Å². The molecule has 0 aliphatic rings. The highest BCUT2D eigenvalue weighted by molar-refractivity contribution is 5.43. The first-order valence-corrected chi connectivity index (χ1v) is 8.05. The maximum atomic E-state index is 10.2. The van der Waals surface area contributed by atoms with Gasteiger partial charge in [0.1, 0.15) is 0 Å². The minimum absolute atomic E-state index is 0.0554. The Balaban J connectivity index is 1.84. The van der Waals surface area contributed by atoms with E-state index in [2.05, 4.69) is 5.32 Å². The topological polar surface area (TPSA) is 80.2 Å². The minimum atomic E-state index is -0.681. The molecule has 0 spiro atoms. The van der Waals surface area contributed by atoms with Crippen LogP contribution in [0.2, 0.25) is 0 Å². The smallest absolute Gasteiger partial charge is 0.160 e. The van der Waals surface area contributed by atoms with Gasteiger partial charge in [0, 0.05) is 6.54 Å². The van der Waals surface area contributed by atoms with Crippen LogP contribution in [0.4, 0.5) is 0 Å². The van der Waals surface area contributed by atoms with Crippen LogP contribution in [0.1, 0.15) is 17.2 Å². The molecule has 0 amide bonds. The molecule has 136 valence electrons. The van der Waals surface area contributed by atoms with Gasteiger partial charge < -0.3 is 29.7 Å². The molecule has 3 N–H and O–H groups in total. The zero-order valence-corrected chi connectivity index (χ0v) is 14.8.